The third kappa shape index (κ3) is 4.87. The maximum atomic E-state index is 12.1. The molecule has 0 saturated carbocycles. The van der Waals surface area contributed by atoms with Gasteiger partial charge < -0.3 is 19.6 Å². The summed E-state index contributed by atoms with van der Waals surface area (Å²) in [6.45, 7) is 5.45. The maximum Gasteiger partial charge on any atom is 0.354 e. The molecule has 0 saturated heterocycles. The number of benzene rings is 1. The molecule has 9 heteroatoms. The number of fused-ring (bicyclic) bond motifs is 1. The fraction of sp³-hybridized carbons (Fsp3) is 0.333. The van der Waals surface area contributed by atoms with E-state index in [1.54, 1.807) is 24.1 Å². The fourth-order valence-electron chi connectivity index (χ4n) is 4.08. The molecule has 3 aromatic heterocycles. The fourth-order valence-corrected chi connectivity index (χ4v) is 4.08. The Labute approximate surface area is 211 Å². The number of carboxylic acids is 1. The molecule has 0 spiro atoms. The van der Waals surface area contributed by atoms with Gasteiger partial charge in [0.1, 0.15) is 5.82 Å². The van der Waals surface area contributed by atoms with Gasteiger partial charge in [0.25, 0.3) is 0 Å². The Kier molecular flexibility index (Phi) is 7.21. The van der Waals surface area contributed by atoms with Gasteiger partial charge in [-0.05, 0) is 47.9 Å². The van der Waals surface area contributed by atoms with Crippen molar-refractivity contribution < 1.29 is 14.6 Å². The maximum absolute atomic E-state index is 12.1. The number of rotatable bonds is 9. The van der Waals surface area contributed by atoms with Crippen LogP contribution in [-0.2, 0) is 4.74 Å². The van der Waals surface area contributed by atoms with Crippen LogP contribution in [0.2, 0.25) is 0 Å². The first kappa shape index (κ1) is 25.1. The van der Waals surface area contributed by atoms with Gasteiger partial charge in [0.05, 0.1) is 23.4 Å². The largest absolute Gasteiger partial charge is 0.477 e. The van der Waals surface area contributed by atoms with Crippen molar-refractivity contribution in [1.82, 2.24) is 19.7 Å². The number of nitrogens with zero attached hydrogens (tertiary/aromatic N) is 6. The molecule has 36 heavy (non-hydrogen) atoms. The molecule has 0 amide bonds. The number of ether oxygens (including phenoxy) is 1. The third-order valence-electron chi connectivity index (χ3n) is 6.10. The van der Waals surface area contributed by atoms with E-state index in [1.807, 2.05) is 67.3 Å². The van der Waals surface area contributed by atoms with E-state index in [-0.39, 0.29) is 11.6 Å². The molecule has 0 unspecified atom stereocenters. The summed E-state index contributed by atoms with van der Waals surface area (Å²) >= 11 is 0. The Bertz CT molecular complexity index is 1380. The van der Waals surface area contributed by atoms with E-state index < -0.39 is 5.97 Å². The Morgan fingerprint density at radius 1 is 1.14 bits per heavy atom. The van der Waals surface area contributed by atoms with Crippen LogP contribution in [0.5, 0.6) is 0 Å². The summed E-state index contributed by atoms with van der Waals surface area (Å²) in [5, 5.41) is 15.6. The van der Waals surface area contributed by atoms with E-state index in [9.17, 15) is 9.90 Å². The second-order valence-electron chi connectivity index (χ2n) is 9.24. The van der Waals surface area contributed by atoms with Gasteiger partial charge >= 0.3 is 5.97 Å². The van der Waals surface area contributed by atoms with Crippen LogP contribution in [0.25, 0.3) is 27.8 Å². The summed E-state index contributed by atoms with van der Waals surface area (Å²) in [4.78, 5) is 25.3. The number of carbonyl (C=O) groups is 1. The standard InChI is InChI=1S/C27H32N6O3/c1-17(2)25-24-21(18-10-11-23(28-16-18)32(5)12-13-36-6)15-22(27(34)35)29-26(24)33(30-25)20-9-7-8-19(14-20)31(3)4/h7-11,14-17H,12-13H2,1-6H3,(H,34,35). The second kappa shape index (κ2) is 10.3. The van der Waals surface area contributed by atoms with Crippen molar-refractivity contribution >= 4 is 28.5 Å². The Morgan fingerprint density at radius 3 is 2.53 bits per heavy atom. The summed E-state index contributed by atoms with van der Waals surface area (Å²) in [6, 6.07) is 13.4. The molecule has 0 atom stereocenters. The Balaban J connectivity index is 1.94. The molecule has 9 nitrogen and oxygen atoms in total. The van der Waals surface area contributed by atoms with Crippen LogP contribution < -0.4 is 9.80 Å². The van der Waals surface area contributed by atoms with Crippen LogP contribution in [0.15, 0.2) is 48.7 Å². The molecule has 1 aromatic carbocycles. The molecule has 0 bridgehead atoms. The quantitative estimate of drug-likeness (QED) is 0.369. The van der Waals surface area contributed by atoms with Crippen LogP contribution in [-0.4, -0.2) is 72.2 Å². The van der Waals surface area contributed by atoms with E-state index in [1.165, 1.54) is 0 Å². The van der Waals surface area contributed by atoms with Crippen LogP contribution in [0, 0.1) is 0 Å². The van der Waals surface area contributed by atoms with Gasteiger partial charge in [-0.1, -0.05) is 19.9 Å². The molecule has 4 aromatic rings. The lowest BCUT2D eigenvalue weighted by atomic mass is 9.98. The van der Waals surface area contributed by atoms with Gasteiger partial charge in [-0.15, -0.1) is 0 Å². The molecule has 0 aliphatic rings. The number of carboxylic acid groups (broad SMARTS) is 1. The van der Waals surface area contributed by atoms with Crippen molar-refractivity contribution in [2.24, 2.45) is 0 Å². The summed E-state index contributed by atoms with van der Waals surface area (Å²) in [5.41, 5.74) is 4.68. The van der Waals surface area contributed by atoms with Gasteiger partial charge in [-0.2, -0.15) is 5.10 Å². The number of aromatic carboxylic acids is 1. The molecular weight excluding hydrogens is 456 g/mol. The second-order valence-corrected chi connectivity index (χ2v) is 9.24. The first-order valence-corrected chi connectivity index (χ1v) is 11.8. The molecule has 3 heterocycles. The first-order valence-electron chi connectivity index (χ1n) is 11.8. The number of anilines is 2. The zero-order valence-corrected chi connectivity index (χ0v) is 21.6. The average molecular weight is 489 g/mol. The predicted molar refractivity (Wildman–Crippen MR) is 143 cm³/mol. The smallest absolute Gasteiger partial charge is 0.354 e. The zero-order valence-electron chi connectivity index (χ0n) is 21.6. The molecule has 4 rings (SSSR count). The molecular formula is C27H32N6O3. The van der Waals surface area contributed by atoms with Crippen molar-refractivity contribution in [3.8, 4) is 16.8 Å². The molecule has 1 N–H and O–H groups in total. The summed E-state index contributed by atoms with van der Waals surface area (Å²) < 4.78 is 6.91. The highest BCUT2D eigenvalue weighted by Gasteiger charge is 2.23. The lowest BCUT2D eigenvalue weighted by molar-refractivity contribution is 0.0691. The van der Waals surface area contributed by atoms with Crippen molar-refractivity contribution in [3.05, 3.63) is 60.0 Å². The van der Waals surface area contributed by atoms with Crippen molar-refractivity contribution in [2.45, 2.75) is 19.8 Å². The Morgan fingerprint density at radius 2 is 1.92 bits per heavy atom. The van der Waals surface area contributed by atoms with Crippen LogP contribution in [0.1, 0.15) is 35.9 Å². The monoisotopic (exact) mass is 488 g/mol. The number of methoxy groups -OCH3 is 1. The summed E-state index contributed by atoms with van der Waals surface area (Å²) in [6.07, 6.45) is 1.77. The highest BCUT2D eigenvalue weighted by Crippen LogP contribution is 2.36. The van der Waals surface area contributed by atoms with E-state index in [4.69, 9.17) is 9.84 Å². The average Bonchev–Trinajstić information content (AvgIpc) is 3.27. The van der Waals surface area contributed by atoms with Crippen LogP contribution in [0.4, 0.5) is 11.5 Å². The minimum absolute atomic E-state index is 0.0426. The summed E-state index contributed by atoms with van der Waals surface area (Å²) in [5.74, 6) is -0.197. The SMILES string of the molecule is COCCN(C)c1ccc(-c2cc(C(=O)O)nc3c2c(C(C)C)nn3-c2cccc(N(C)C)c2)cn1. The Hall–Kier alpha value is -3.98. The van der Waals surface area contributed by atoms with Gasteiger partial charge in [0.15, 0.2) is 11.3 Å². The zero-order chi connectivity index (χ0) is 26.0. The molecule has 0 aliphatic heterocycles. The lowest BCUT2D eigenvalue weighted by Crippen LogP contribution is -2.22. The molecule has 0 fully saturated rings. The predicted octanol–water partition coefficient (Wildman–Crippen LogP) is 4.45. The van der Waals surface area contributed by atoms with Gasteiger partial charge in [0.2, 0.25) is 0 Å². The topological polar surface area (TPSA) is 96.6 Å². The van der Waals surface area contributed by atoms with Gasteiger partial charge in [-0.3, -0.25) is 0 Å². The minimum atomic E-state index is -1.09. The van der Waals surface area contributed by atoms with E-state index in [0.717, 1.165) is 39.4 Å². The van der Waals surface area contributed by atoms with Gasteiger partial charge in [0, 0.05) is 52.2 Å². The highest BCUT2D eigenvalue weighted by atomic mass is 16.5. The number of likely N-dealkylation sites (N-methyl/N-ethyl adjacent to an activating group) is 1. The third-order valence-corrected chi connectivity index (χ3v) is 6.10. The van der Waals surface area contributed by atoms with Gasteiger partial charge in [-0.25, -0.2) is 19.4 Å². The van der Waals surface area contributed by atoms with E-state index in [0.29, 0.717) is 18.8 Å². The number of pyridine rings is 2. The molecule has 0 radical (unpaired) electrons. The lowest BCUT2D eigenvalue weighted by Gasteiger charge is -2.18. The van der Waals surface area contributed by atoms with Crippen molar-refractivity contribution in [2.75, 3.05) is 51.2 Å². The highest BCUT2D eigenvalue weighted by molar-refractivity contribution is 6.00. The number of aromatic nitrogens is 4. The van der Waals surface area contributed by atoms with Crippen LogP contribution in [0.3, 0.4) is 0 Å². The van der Waals surface area contributed by atoms with Crippen LogP contribution >= 0.6 is 0 Å². The molecule has 188 valence electrons. The van der Waals surface area contributed by atoms with E-state index >= 15 is 0 Å². The number of hydrogen-bond acceptors (Lipinski definition) is 7. The minimum Gasteiger partial charge on any atom is -0.477 e. The summed E-state index contributed by atoms with van der Waals surface area (Å²) in [7, 11) is 7.57. The normalized spacial score (nSPS) is 11.3. The number of hydrogen-bond donors (Lipinski definition) is 1. The first-order chi connectivity index (χ1) is 17.2. The van der Waals surface area contributed by atoms with Crippen molar-refractivity contribution in [3.63, 3.8) is 0 Å². The van der Waals surface area contributed by atoms with Crippen molar-refractivity contribution in [1.29, 1.82) is 0 Å². The molecule has 0 aliphatic carbocycles. The van der Waals surface area contributed by atoms with E-state index in [2.05, 4.69) is 23.8 Å².